The largest absolute Gasteiger partial charge is 0.507 e. The van der Waals surface area contributed by atoms with Crippen LogP contribution in [0.1, 0.15) is 19.9 Å². The van der Waals surface area contributed by atoms with Crippen molar-refractivity contribution in [3.05, 3.63) is 41.1 Å². The van der Waals surface area contributed by atoms with Crippen LogP contribution in [0.3, 0.4) is 0 Å². The number of hydrogen-bond donors (Lipinski definition) is 1. The van der Waals surface area contributed by atoms with Crippen molar-refractivity contribution >= 4 is 27.0 Å². The summed E-state index contributed by atoms with van der Waals surface area (Å²) in [5.41, 5.74) is 2.79. The second-order valence-electron chi connectivity index (χ2n) is 4.93. The minimum absolute atomic E-state index is 0.211. The van der Waals surface area contributed by atoms with Crippen molar-refractivity contribution in [1.29, 1.82) is 0 Å². The number of hydrogen-bond acceptors (Lipinski definition) is 3. The van der Waals surface area contributed by atoms with Crippen molar-refractivity contribution in [3.8, 4) is 17.1 Å². The zero-order chi connectivity index (χ0) is 14.3. The lowest BCUT2D eigenvalue weighted by atomic mass is 10.2. The Labute approximate surface area is 125 Å². The molecule has 2 heterocycles. The summed E-state index contributed by atoms with van der Waals surface area (Å²) in [6.45, 7) is 4.23. The van der Waals surface area contributed by atoms with Gasteiger partial charge in [0.1, 0.15) is 17.1 Å². The highest BCUT2D eigenvalue weighted by Crippen LogP contribution is 2.32. The van der Waals surface area contributed by atoms with Crippen LogP contribution in [0.5, 0.6) is 5.75 Å². The highest BCUT2D eigenvalue weighted by molar-refractivity contribution is 9.10. The van der Waals surface area contributed by atoms with Crippen molar-refractivity contribution in [2.24, 2.45) is 0 Å². The molecule has 0 atom stereocenters. The second-order valence-corrected chi connectivity index (χ2v) is 5.78. The molecule has 102 valence electrons. The van der Waals surface area contributed by atoms with Gasteiger partial charge in [0.15, 0.2) is 0 Å². The summed E-state index contributed by atoms with van der Waals surface area (Å²) in [7, 11) is 0. The van der Waals surface area contributed by atoms with E-state index in [-0.39, 0.29) is 11.8 Å². The Morgan fingerprint density at radius 2 is 2.05 bits per heavy atom. The van der Waals surface area contributed by atoms with Gasteiger partial charge in [0.25, 0.3) is 0 Å². The average molecular weight is 332 g/mol. The number of phenolic OH excluding ortho intramolecular Hbond substituents is 1. The first-order valence-corrected chi connectivity index (χ1v) is 7.18. The molecule has 0 fully saturated rings. The van der Waals surface area contributed by atoms with Gasteiger partial charge in [-0.05, 0) is 54.0 Å². The summed E-state index contributed by atoms with van der Waals surface area (Å²) in [5.74, 6) is 1.05. The van der Waals surface area contributed by atoms with Crippen LogP contribution in [0.25, 0.3) is 22.4 Å². The molecule has 0 bridgehead atoms. The Hall–Kier alpha value is -1.88. The number of nitrogens with zero attached hydrogens (tertiary/aromatic N) is 3. The maximum absolute atomic E-state index is 9.87. The molecule has 0 saturated carbocycles. The summed E-state index contributed by atoms with van der Waals surface area (Å²) in [5, 5.41) is 9.87. The van der Waals surface area contributed by atoms with Gasteiger partial charge < -0.3 is 9.67 Å². The van der Waals surface area contributed by atoms with Crippen molar-refractivity contribution in [2.45, 2.75) is 19.9 Å². The summed E-state index contributed by atoms with van der Waals surface area (Å²) < 4.78 is 2.83. The number of pyridine rings is 1. The third-order valence-corrected chi connectivity index (χ3v) is 3.88. The predicted octanol–water partition coefficient (Wildman–Crippen LogP) is 4.15. The first-order valence-electron chi connectivity index (χ1n) is 6.39. The number of fused-ring (bicyclic) bond motifs is 1. The maximum Gasteiger partial charge on any atom is 0.141 e. The van der Waals surface area contributed by atoms with Crippen molar-refractivity contribution in [3.63, 3.8) is 0 Å². The van der Waals surface area contributed by atoms with Crippen LogP contribution in [0.15, 0.2) is 41.1 Å². The fourth-order valence-corrected chi connectivity index (χ4v) is 2.58. The molecule has 3 aromatic rings. The number of halogens is 1. The smallest absolute Gasteiger partial charge is 0.141 e. The van der Waals surface area contributed by atoms with E-state index in [9.17, 15) is 5.11 Å². The topological polar surface area (TPSA) is 50.9 Å². The first-order chi connectivity index (χ1) is 9.58. The van der Waals surface area contributed by atoms with E-state index in [0.717, 1.165) is 22.4 Å². The van der Waals surface area contributed by atoms with Crippen molar-refractivity contribution in [2.75, 3.05) is 0 Å². The van der Waals surface area contributed by atoms with E-state index in [4.69, 9.17) is 0 Å². The molecular weight excluding hydrogens is 318 g/mol. The van der Waals surface area contributed by atoms with Gasteiger partial charge in [-0.3, -0.25) is 4.98 Å². The molecule has 3 rings (SSSR count). The van der Waals surface area contributed by atoms with Crippen LogP contribution in [-0.2, 0) is 0 Å². The van der Waals surface area contributed by atoms with Gasteiger partial charge in [-0.1, -0.05) is 0 Å². The highest BCUT2D eigenvalue weighted by Gasteiger charge is 2.15. The standard InChI is InChI=1S/C15H14BrN3O/c1-9(2)19-13-5-6-17-8-12(13)18-15(19)10-3-4-11(16)14(20)7-10/h3-9,20H,1-2H3. The predicted molar refractivity (Wildman–Crippen MR) is 82.7 cm³/mol. The van der Waals surface area contributed by atoms with Gasteiger partial charge >= 0.3 is 0 Å². The van der Waals surface area contributed by atoms with Gasteiger partial charge in [-0.2, -0.15) is 0 Å². The Morgan fingerprint density at radius 1 is 1.25 bits per heavy atom. The summed E-state index contributed by atoms with van der Waals surface area (Å²) in [6, 6.07) is 7.72. The Morgan fingerprint density at radius 3 is 2.75 bits per heavy atom. The Balaban J connectivity index is 2.29. The van der Waals surface area contributed by atoms with Crippen molar-refractivity contribution < 1.29 is 5.11 Å². The van der Waals surface area contributed by atoms with Crippen molar-refractivity contribution in [1.82, 2.24) is 14.5 Å². The molecule has 0 aliphatic heterocycles. The average Bonchev–Trinajstić information content (AvgIpc) is 2.81. The van der Waals surface area contributed by atoms with Crippen LogP contribution in [0.2, 0.25) is 0 Å². The third-order valence-electron chi connectivity index (χ3n) is 3.21. The Kier molecular flexibility index (Phi) is 3.22. The van der Waals surface area contributed by atoms with E-state index < -0.39 is 0 Å². The summed E-state index contributed by atoms with van der Waals surface area (Å²) >= 11 is 3.30. The maximum atomic E-state index is 9.87. The van der Waals surface area contributed by atoms with Crippen LogP contribution in [-0.4, -0.2) is 19.6 Å². The fourth-order valence-electron chi connectivity index (χ4n) is 2.33. The minimum Gasteiger partial charge on any atom is -0.507 e. The van der Waals surface area contributed by atoms with E-state index in [1.807, 2.05) is 18.2 Å². The lowest BCUT2D eigenvalue weighted by molar-refractivity contribution is 0.472. The lowest BCUT2D eigenvalue weighted by Crippen LogP contribution is -2.03. The number of rotatable bonds is 2. The van der Waals surface area contributed by atoms with Gasteiger partial charge in [-0.25, -0.2) is 4.98 Å². The number of aromatic hydroxyl groups is 1. The molecule has 1 N–H and O–H groups in total. The van der Waals surface area contributed by atoms with Gasteiger partial charge in [0.2, 0.25) is 0 Å². The van der Waals surface area contributed by atoms with Gasteiger partial charge in [0, 0.05) is 17.8 Å². The molecule has 0 radical (unpaired) electrons. The fraction of sp³-hybridized carbons (Fsp3) is 0.200. The monoisotopic (exact) mass is 331 g/mol. The summed E-state index contributed by atoms with van der Waals surface area (Å²) in [6.07, 6.45) is 3.53. The molecule has 4 nitrogen and oxygen atoms in total. The molecular formula is C15H14BrN3O. The number of imidazole rings is 1. The normalized spacial score (nSPS) is 11.4. The number of phenols is 1. The van der Waals surface area contributed by atoms with Crippen LogP contribution >= 0.6 is 15.9 Å². The zero-order valence-corrected chi connectivity index (χ0v) is 12.8. The molecule has 0 aliphatic carbocycles. The lowest BCUT2D eigenvalue weighted by Gasteiger charge is -2.13. The molecule has 1 aromatic carbocycles. The number of benzene rings is 1. The molecule has 0 spiro atoms. The number of aromatic nitrogens is 3. The van der Waals surface area contributed by atoms with E-state index in [1.54, 1.807) is 18.5 Å². The summed E-state index contributed by atoms with van der Waals surface area (Å²) in [4.78, 5) is 8.77. The van der Waals surface area contributed by atoms with E-state index in [1.165, 1.54) is 0 Å². The molecule has 20 heavy (non-hydrogen) atoms. The van der Waals surface area contributed by atoms with E-state index in [0.29, 0.717) is 4.47 Å². The van der Waals surface area contributed by atoms with Crippen LogP contribution < -0.4 is 0 Å². The zero-order valence-electron chi connectivity index (χ0n) is 11.2. The molecule has 0 saturated heterocycles. The van der Waals surface area contributed by atoms with E-state index >= 15 is 0 Å². The molecule has 0 unspecified atom stereocenters. The van der Waals surface area contributed by atoms with Crippen LogP contribution in [0.4, 0.5) is 0 Å². The molecule has 0 amide bonds. The molecule has 2 aromatic heterocycles. The first kappa shape index (κ1) is 13.1. The second kappa shape index (κ2) is 4.90. The highest BCUT2D eigenvalue weighted by atomic mass is 79.9. The van der Waals surface area contributed by atoms with E-state index in [2.05, 4.69) is 44.3 Å². The quantitative estimate of drug-likeness (QED) is 0.767. The Bertz CT molecular complexity index is 780. The minimum atomic E-state index is 0.211. The van der Waals surface area contributed by atoms with Gasteiger partial charge in [-0.15, -0.1) is 0 Å². The van der Waals surface area contributed by atoms with Crippen LogP contribution in [0, 0.1) is 0 Å². The molecule has 0 aliphatic rings. The molecule has 5 heteroatoms. The SMILES string of the molecule is CC(C)n1c(-c2ccc(Br)c(O)c2)nc2cnccc21. The van der Waals surface area contributed by atoms with Gasteiger partial charge in [0.05, 0.1) is 16.2 Å². The third kappa shape index (κ3) is 2.08.